The van der Waals surface area contributed by atoms with Gasteiger partial charge in [-0.15, -0.1) is 0 Å². The summed E-state index contributed by atoms with van der Waals surface area (Å²) in [5.41, 5.74) is -2.02. The highest BCUT2D eigenvalue weighted by Gasteiger charge is 2.44. The summed E-state index contributed by atoms with van der Waals surface area (Å²) in [6, 6.07) is 0. The second-order valence-electron chi connectivity index (χ2n) is 7.77. The lowest BCUT2D eigenvalue weighted by molar-refractivity contribution is -0.177. The molecule has 22 heavy (non-hydrogen) atoms. The molecular weight excluding hydrogens is 280 g/mol. The highest BCUT2D eigenvalue weighted by Crippen LogP contribution is 2.41. The molecule has 4 heteroatoms. The Hall–Kier alpha value is -1.06. The predicted molar refractivity (Wildman–Crippen MR) is 86.6 cm³/mol. The van der Waals surface area contributed by atoms with E-state index in [0.29, 0.717) is 12.8 Å². The van der Waals surface area contributed by atoms with Crippen molar-refractivity contribution < 1.29 is 19.4 Å². The van der Waals surface area contributed by atoms with Crippen LogP contribution in [0.1, 0.15) is 86.0 Å². The van der Waals surface area contributed by atoms with Gasteiger partial charge in [-0.2, -0.15) is 0 Å². The summed E-state index contributed by atoms with van der Waals surface area (Å²) in [7, 11) is 0. The predicted octanol–water partition coefficient (Wildman–Crippen LogP) is 4.56. The van der Waals surface area contributed by atoms with Crippen molar-refractivity contribution in [2.75, 3.05) is 0 Å². The summed E-state index contributed by atoms with van der Waals surface area (Å²) >= 11 is 0. The maximum atomic E-state index is 12.7. The zero-order valence-corrected chi connectivity index (χ0v) is 14.8. The molecule has 1 atom stereocenters. The summed E-state index contributed by atoms with van der Waals surface area (Å²) in [6.45, 7) is 9.24. The molecule has 0 radical (unpaired) electrons. The van der Waals surface area contributed by atoms with Crippen molar-refractivity contribution in [3.63, 3.8) is 0 Å². The Morgan fingerprint density at radius 1 is 1.09 bits per heavy atom. The van der Waals surface area contributed by atoms with Gasteiger partial charge in [0.1, 0.15) is 5.60 Å². The van der Waals surface area contributed by atoms with Crippen LogP contribution in [0.5, 0.6) is 0 Å². The first-order valence-electron chi connectivity index (χ1n) is 8.58. The highest BCUT2D eigenvalue weighted by molar-refractivity contribution is 5.79. The second-order valence-corrected chi connectivity index (χ2v) is 7.77. The van der Waals surface area contributed by atoms with Gasteiger partial charge in [0.2, 0.25) is 0 Å². The smallest absolute Gasteiger partial charge is 0.312 e. The van der Waals surface area contributed by atoms with Crippen LogP contribution in [0.25, 0.3) is 0 Å². The molecule has 0 bridgehead atoms. The Morgan fingerprint density at radius 2 is 1.64 bits per heavy atom. The van der Waals surface area contributed by atoms with Gasteiger partial charge in [-0.1, -0.05) is 20.3 Å². The van der Waals surface area contributed by atoms with Gasteiger partial charge in [-0.25, -0.2) is 0 Å². The van der Waals surface area contributed by atoms with Gasteiger partial charge in [-0.3, -0.25) is 9.59 Å². The molecule has 0 saturated heterocycles. The van der Waals surface area contributed by atoms with Crippen LogP contribution in [-0.4, -0.2) is 22.6 Å². The summed E-state index contributed by atoms with van der Waals surface area (Å²) in [6.07, 6.45) is 6.88. The fourth-order valence-electron chi connectivity index (χ4n) is 3.46. The lowest BCUT2D eigenvalue weighted by Crippen LogP contribution is -2.43. The number of hydrogen-bond acceptors (Lipinski definition) is 3. The molecule has 0 aromatic rings. The third-order valence-electron chi connectivity index (χ3n) is 5.40. The number of aliphatic carboxylic acids is 1. The van der Waals surface area contributed by atoms with Gasteiger partial charge in [0.05, 0.1) is 10.8 Å². The Bertz CT molecular complexity index is 407. The topological polar surface area (TPSA) is 63.6 Å². The van der Waals surface area contributed by atoms with E-state index < -0.39 is 16.8 Å². The molecule has 0 aromatic heterocycles. The zero-order chi connectivity index (χ0) is 17.0. The maximum Gasteiger partial charge on any atom is 0.312 e. The number of esters is 1. The molecule has 0 aliphatic heterocycles. The minimum atomic E-state index is -0.894. The van der Waals surface area contributed by atoms with Gasteiger partial charge in [-0.05, 0) is 65.7 Å². The van der Waals surface area contributed by atoms with E-state index in [1.165, 1.54) is 6.42 Å². The summed E-state index contributed by atoms with van der Waals surface area (Å²) < 4.78 is 5.93. The van der Waals surface area contributed by atoms with Crippen LogP contribution < -0.4 is 0 Å². The lowest BCUT2D eigenvalue weighted by Gasteiger charge is -2.40. The number of hydrogen-bond donors (Lipinski definition) is 1. The SMILES string of the molecule is CCC1(OC(=O)C(C)(C)CC(C)(CC)C(=O)O)CCCCC1. The largest absolute Gasteiger partial charge is 0.481 e. The van der Waals surface area contributed by atoms with Crippen LogP contribution in [-0.2, 0) is 14.3 Å². The minimum Gasteiger partial charge on any atom is -0.481 e. The molecule has 0 spiro atoms. The normalized spacial score (nSPS) is 21.0. The van der Waals surface area contributed by atoms with Crippen molar-refractivity contribution in [1.82, 2.24) is 0 Å². The minimum absolute atomic E-state index is 0.253. The van der Waals surface area contributed by atoms with E-state index in [4.69, 9.17) is 4.74 Å². The van der Waals surface area contributed by atoms with E-state index in [9.17, 15) is 14.7 Å². The Kier molecular flexibility index (Phi) is 6.05. The van der Waals surface area contributed by atoms with Gasteiger partial charge < -0.3 is 9.84 Å². The summed E-state index contributed by atoms with van der Waals surface area (Å²) in [5, 5.41) is 9.44. The Balaban J connectivity index is 2.83. The molecule has 1 fully saturated rings. The molecule has 1 N–H and O–H groups in total. The van der Waals surface area contributed by atoms with Crippen LogP contribution in [0, 0.1) is 10.8 Å². The fourth-order valence-corrected chi connectivity index (χ4v) is 3.46. The zero-order valence-electron chi connectivity index (χ0n) is 14.8. The average Bonchev–Trinajstić information content (AvgIpc) is 2.47. The van der Waals surface area contributed by atoms with Crippen LogP contribution in [0.15, 0.2) is 0 Å². The first kappa shape index (κ1) is 19.0. The number of carboxylic acids is 1. The molecule has 0 aromatic carbocycles. The Morgan fingerprint density at radius 3 is 2.05 bits per heavy atom. The van der Waals surface area contributed by atoms with E-state index >= 15 is 0 Å². The third-order valence-corrected chi connectivity index (χ3v) is 5.40. The monoisotopic (exact) mass is 312 g/mol. The quantitative estimate of drug-likeness (QED) is 0.700. The lowest BCUT2D eigenvalue weighted by atomic mass is 9.72. The molecule has 1 unspecified atom stereocenters. The van der Waals surface area contributed by atoms with Gasteiger partial charge in [0, 0.05) is 0 Å². The van der Waals surface area contributed by atoms with E-state index in [1.54, 1.807) is 20.8 Å². The maximum absolute atomic E-state index is 12.7. The van der Waals surface area contributed by atoms with Crippen LogP contribution in [0.2, 0.25) is 0 Å². The number of ether oxygens (including phenoxy) is 1. The molecule has 1 aliphatic carbocycles. The van der Waals surface area contributed by atoms with Crippen LogP contribution in [0.4, 0.5) is 0 Å². The molecule has 1 rings (SSSR count). The van der Waals surface area contributed by atoms with E-state index in [0.717, 1.165) is 32.1 Å². The Labute approximate surface area is 134 Å². The average molecular weight is 312 g/mol. The van der Waals surface area contributed by atoms with Crippen LogP contribution in [0.3, 0.4) is 0 Å². The number of carbonyl (C=O) groups excluding carboxylic acids is 1. The van der Waals surface area contributed by atoms with Gasteiger partial charge in [0.15, 0.2) is 0 Å². The number of carboxylic acid groups (broad SMARTS) is 1. The first-order chi connectivity index (χ1) is 10.1. The molecule has 1 aliphatic rings. The highest BCUT2D eigenvalue weighted by atomic mass is 16.6. The molecule has 4 nitrogen and oxygen atoms in total. The fraction of sp³-hybridized carbons (Fsp3) is 0.889. The molecule has 1 saturated carbocycles. The van der Waals surface area contributed by atoms with Crippen LogP contribution >= 0.6 is 0 Å². The number of carbonyl (C=O) groups is 2. The van der Waals surface area contributed by atoms with E-state index in [2.05, 4.69) is 6.92 Å². The van der Waals surface area contributed by atoms with Crippen molar-refractivity contribution in [3.8, 4) is 0 Å². The van der Waals surface area contributed by atoms with Crippen molar-refractivity contribution in [1.29, 1.82) is 0 Å². The van der Waals surface area contributed by atoms with Crippen molar-refractivity contribution in [2.45, 2.75) is 91.6 Å². The van der Waals surface area contributed by atoms with E-state index in [1.807, 2.05) is 6.92 Å². The third kappa shape index (κ3) is 4.23. The standard InChI is InChI=1S/C18H32O4/c1-6-17(5,14(19)20)13-16(3,4)15(21)22-18(7-2)11-9-8-10-12-18/h6-13H2,1-5H3,(H,19,20). The van der Waals surface area contributed by atoms with Crippen molar-refractivity contribution in [2.24, 2.45) is 10.8 Å². The van der Waals surface area contributed by atoms with Gasteiger partial charge >= 0.3 is 11.9 Å². The van der Waals surface area contributed by atoms with Crippen molar-refractivity contribution in [3.05, 3.63) is 0 Å². The molecule has 128 valence electrons. The summed E-state index contributed by atoms with van der Waals surface area (Å²) in [5.74, 6) is -1.10. The molecular formula is C18H32O4. The molecule has 0 amide bonds. The van der Waals surface area contributed by atoms with E-state index in [-0.39, 0.29) is 11.6 Å². The van der Waals surface area contributed by atoms with Crippen molar-refractivity contribution >= 4 is 11.9 Å². The summed E-state index contributed by atoms with van der Waals surface area (Å²) in [4.78, 5) is 24.2. The van der Waals surface area contributed by atoms with Gasteiger partial charge in [0.25, 0.3) is 0 Å². The molecule has 0 heterocycles. The second kappa shape index (κ2) is 7.01. The number of rotatable bonds is 7. The first-order valence-corrected chi connectivity index (χ1v) is 8.58.